The van der Waals surface area contributed by atoms with E-state index in [1.54, 1.807) is 0 Å². The van der Waals surface area contributed by atoms with Gasteiger partial charge in [0.05, 0.1) is 6.42 Å². The molecule has 2 heterocycles. The standard InChI is InChI=1S/C25H29N5O2/c1-18-11-12-20(25-29-28-22-10-6-3-7-15-30(22)25)17-21(18)27-23(31)13-14-26-24(32)16-19-8-4-2-5-9-19/h2,4-5,8-9,11-12,17H,3,6-7,10,13-16H2,1H3,(H,26,32)(H,27,31). The Morgan fingerprint density at radius 1 is 1.00 bits per heavy atom. The quantitative estimate of drug-likeness (QED) is 0.597. The van der Waals surface area contributed by atoms with Gasteiger partial charge in [-0.05, 0) is 37.0 Å². The number of fused-ring (bicyclic) bond motifs is 1. The minimum Gasteiger partial charge on any atom is -0.355 e. The summed E-state index contributed by atoms with van der Waals surface area (Å²) in [7, 11) is 0. The molecule has 3 aromatic rings. The third-order valence-corrected chi connectivity index (χ3v) is 5.76. The van der Waals surface area contributed by atoms with E-state index >= 15 is 0 Å². The highest BCUT2D eigenvalue weighted by Crippen LogP contribution is 2.27. The number of aromatic nitrogens is 3. The first-order valence-corrected chi connectivity index (χ1v) is 11.2. The molecule has 7 nitrogen and oxygen atoms in total. The molecule has 2 amide bonds. The lowest BCUT2D eigenvalue weighted by Crippen LogP contribution is -2.29. The molecule has 2 aromatic carbocycles. The smallest absolute Gasteiger partial charge is 0.226 e. The summed E-state index contributed by atoms with van der Waals surface area (Å²) < 4.78 is 2.20. The SMILES string of the molecule is Cc1ccc(-c2nnc3n2CCCCC3)cc1NC(=O)CCNC(=O)Cc1ccccc1. The van der Waals surface area contributed by atoms with E-state index in [4.69, 9.17) is 0 Å². The summed E-state index contributed by atoms with van der Waals surface area (Å²) in [4.78, 5) is 24.6. The average Bonchev–Trinajstić information content (AvgIpc) is 3.04. The van der Waals surface area contributed by atoms with Crippen molar-refractivity contribution in [3.63, 3.8) is 0 Å². The van der Waals surface area contributed by atoms with Gasteiger partial charge in [0.25, 0.3) is 0 Å². The molecule has 1 aliphatic heterocycles. The summed E-state index contributed by atoms with van der Waals surface area (Å²) in [6.45, 7) is 3.19. The van der Waals surface area contributed by atoms with Crippen LogP contribution in [0.25, 0.3) is 11.4 Å². The highest BCUT2D eigenvalue weighted by molar-refractivity contribution is 5.92. The van der Waals surface area contributed by atoms with Gasteiger partial charge in [0, 0.05) is 37.2 Å². The molecule has 1 aliphatic rings. The summed E-state index contributed by atoms with van der Waals surface area (Å²) >= 11 is 0. The van der Waals surface area contributed by atoms with Gasteiger partial charge in [-0.2, -0.15) is 0 Å². The first-order valence-electron chi connectivity index (χ1n) is 11.2. The first kappa shape index (κ1) is 21.7. The van der Waals surface area contributed by atoms with Crippen molar-refractivity contribution in [3.8, 4) is 11.4 Å². The topological polar surface area (TPSA) is 88.9 Å². The van der Waals surface area contributed by atoms with Crippen molar-refractivity contribution in [2.24, 2.45) is 0 Å². The van der Waals surface area contributed by atoms with E-state index in [1.165, 1.54) is 6.42 Å². The van der Waals surface area contributed by atoms with E-state index in [2.05, 4.69) is 25.4 Å². The minimum atomic E-state index is -0.134. The van der Waals surface area contributed by atoms with Crippen LogP contribution >= 0.6 is 0 Å². The molecule has 2 N–H and O–H groups in total. The summed E-state index contributed by atoms with van der Waals surface area (Å²) in [6.07, 6.45) is 4.97. The molecule has 0 atom stereocenters. The Bertz CT molecular complexity index is 1090. The van der Waals surface area contributed by atoms with Gasteiger partial charge < -0.3 is 15.2 Å². The number of carbonyl (C=O) groups excluding carboxylic acids is 2. The van der Waals surface area contributed by atoms with Gasteiger partial charge in [-0.3, -0.25) is 9.59 Å². The monoisotopic (exact) mass is 431 g/mol. The van der Waals surface area contributed by atoms with Crippen LogP contribution in [-0.4, -0.2) is 33.1 Å². The van der Waals surface area contributed by atoms with E-state index in [1.807, 2.05) is 55.5 Å². The van der Waals surface area contributed by atoms with Crippen LogP contribution in [0.3, 0.4) is 0 Å². The molecule has 0 bridgehead atoms. The number of anilines is 1. The molecular weight excluding hydrogens is 402 g/mol. The fourth-order valence-electron chi connectivity index (χ4n) is 3.97. The van der Waals surface area contributed by atoms with E-state index in [0.717, 1.165) is 59.8 Å². The second-order valence-corrected chi connectivity index (χ2v) is 8.24. The van der Waals surface area contributed by atoms with E-state index in [9.17, 15) is 9.59 Å². The van der Waals surface area contributed by atoms with Gasteiger partial charge in [0.1, 0.15) is 5.82 Å². The number of amides is 2. The van der Waals surface area contributed by atoms with Crippen LogP contribution in [-0.2, 0) is 29.0 Å². The van der Waals surface area contributed by atoms with Crippen molar-refractivity contribution in [2.45, 2.75) is 52.0 Å². The van der Waals surface area contributed by atoms with Crippen molar-refractivity contribution >= 4 is 17.5 Å². The third kappa shape index (κ3) is 5.41. The van der Waals surface area contributed by atoms with Gasteiger partial charge in [0.15, 0.2) is 5.82 Å². The normalized spacial score (nSPS) is 13.2. The molecular formula is C25H29N5O2. The van der Waals surface area contributed by atoms with Gasteiger partial charge in [-0.1, -0.05) is 48.9 Å². The maximum Gasteiger partial charge on any atom is 0.226 e. The van der Waals surface area contributed by atoms with Crippen LogP contribution in [0.5, 0.6) is 0 Å². The van der Waals surface area contributed by atoms with Crippen LogP contribution in [0.1, 0.15) is 42.6 Å². The molecule has 0 saturated carbocycles. The number of carbonyl (C=O) groups is 2. The number of nitrogens with one attached hydrogen (secondary N) is 2. The fraction of sp³-hybridized carbons (Fsp3) is 0.360. The molecule has 0 saturated heterocycles. The third-order valence-electron chi connectivity index (χ3n) is 5.76. The number of rotatable bonds is 7. The number of benzene rings is 2. The second-order valence-electron chi connectivity index (χ2n) is 8.24. The summed E-state index contributed by atoms with van der Waals surface area (Å²) in [5.74, 6) is 1.67. The highest BCUT2D eigenvalue weighted by atomic mass is 16.2. The molecule has 166 valence electrons. The van der Waals surface area contributed by atoms with Crippen LogP contribution in [0.2, 0.25) is 0 Å². The van der Waals surface area contributed by atoms with E-state index in [0.29, 0.717) is 13.0 Å². The summed E-state index contributed by atoms with van der Waals surface area (Å²) in [5.41, 5.74) is 3.64. The number of hydrogen-bond donors (Lipinski definition) is 2. The first-order chi connectivity index (χ1) is 15.6. The van der Waals surface area contributed by atoms with Crippen LogP contribution in [0, 0.1) is 6.92 Å². The molecule has 0 aliphatic carbocycles. The maximum atomic E-state index is 12.5. The molecule has 7 heteroatoms. The zero-order valence-electron chi connectivity index (χ0n) is 18.4. The van der Waals surface area contributed by atoms with Crippen molar-refractivity contribution in [3.05, 3.63) is 65.5 Å². The average molecular weight is 432 g/mol. The lowest BCUT2D eigenvalue weighted by molar-refractivity contribution is -0.120. The van der Waals surface area contributed by atoms with Crippen LogP contribution in [0.15, 0.2) is 48.5 Å². The zero-order valence-corrected chi connectivity index (χ0v) is 18.4. The number of nitrogens with zero attached hydrogens (tertiary/aromatic N) is 3. The Morgan fingerprint density at radius 3 is 2.69 bits per heavy atom. The van der Waals surface area contributed by atoms with E-state index in [-0.39, 0.29) is 18.2 Å². The van der Waals surface area contributed by atoms with Gasteiger partial charge in [0.2, 0.25) is 11.8 Å². The zero-order chi connectivity index (χ0) is 22.3. The summed E-state index contributed by atoms with van der Waals surface area (Å²) in [5, 5.41) is 14.6. The van der Waals surface area contributed by atoms with Gasteiger partial charge in [-0.25, -0.2) is 0 Å². The fourth-order valence-corrected chi connectivity index (χ4v) is 3.97. The summed E-state index contributed by atoms with van der Waals surface area (Å²) in [6, 6.07) is 15.5. The predicted molar refractivity (Wildman–Crippen MR) is 124 cm³/mol. The van der Waals surface area contributed by atoms with Crippen LogP contribution in [0.4, 0.5) is 5.69 Å². The van der Waals surface area contributed by atoms with Crippen molar-refractivity contribution < 1.29 is 9.59 Å². The van der Waals surface area contributed by atoms with Gasteiger partial charge >= 0.3 is 0 Å². The number of hydrogen-bond acceptors (Lipinski definition) is 4. The predicted octanol–water partition coefficient (Wildman–Crippen LogP) is 3.67. The molecule has 4 rings (SSSR count). The molecule has 0 spiro atoms. The van der Waals surface area contributed by atoms with Crippen molar-refractivity contribution in [2.75, 3.05) is 11.9 Å². The highest BCUT2D eigenvalue weighted by Gasteiger charge is 2.17. The molecule has 0 radical (unpaired) electrons. The Kier molecular flexibility index (Phi) is 6.94. The lowest BCUT2D eigenvalue weighted by atomic mass is 10.1. The molecule has 0 fully saturated rings. The molecule has 0 unspecified atom stereocenters. The Morgan fingerprint density at radius 2 is 1.84 bits per heavy atom. The number of aryl methyl sites for hydroxylation is 2. The minimum absolute atomic E-state index is 0.0883. The van der Waals surface area contributed by atoms with Crippen molar-refractivity contribution in [1.29, 1.82) is 0 Å². The van der Waals surface area contributed by atoms with Crippen LogP contribution < -0.4 is 10.6 Å². The van der Waals surface area contributed by atoms with Gasteiger partial charge in [-0.15, -0.1) is 10.2 Å². The van der Waals surface area contributed by atoms with E-state index < -0.39 is 0 Å². The van der Waals surface area contributed by atoms with Crippen molar-refractivity contribution in [1.82, 2.24) is 20.1 Å². The molecule has 32 heavy (non-hydrogen) atoms. The Balaban J connectivity index is 1.34. The maximum absolute atomic E-state index is 12.5. The Labute approximate surface area is 188 Å². The Hall–Kier alpha value is -3.48. The largest absolute Gasteiger partial charge is 0.355 e. The second kappa shape index (κ2) is 10.2. The lowest BCUT2D eigenvalue weighted by Gasteiger charge is -2.12. The molecule has 1 aromatic heterocycles.